The Morgan fingerprint density at radius 1 is 0.278 bits per heavy atom. The Kier molecular flexibility index (Phi) is 7.72. The van der Waals surface area contributed by atoms with E-state index < -0.39 is 16.1 Å². The molecule has 0 aromatic heterocycles. The van der Waals surface area contributed by atoms with Crippen molar-refractivity contribution < 1.29 is 4.79 Å². The summed E-state index contributed by atoms with van der Waals surface area (Å²) in [4.78, 5) is 16.9. The molecule has 0 fully saturated rings. The minimum Gasteiger partial charge on any atom is -0.290 e. The van der Waals surface area contributed by atoms with Gasteiger partial charge in [-0.15, -0.1) is 0 Å². The molecule has 254 valence electrons. The van der Waals surface area contributed by atoms with Crippen LogP contribution in [-0.4, -0.2) is 21.9 Å². The van der Waals surface area contributed by atoms with Gasteiger partial charge in [-0.3, -0.25) is 4.79 Å². The summed E-state index contributed by atoms with van der Waals surface area (Å²) in [6.07, 6.45) is 0. The Labute approximate surface area is 318 Å². The standard InChI is InChI=1S/C51H36OSi2/c52-49-50(53(38-23-7-1-8-24-38,39-25-9-2-10-26-39)40-27-11-3-12-28-40)47-44-35-19-21-37-22-20-36-45(46(37)44)48(47)51(49)54(41-29-13-4-14-30-41,42-31-15-5-16-32-42)43-33-17-6-18-34-43/h1-36H. The van der Waals surface area contributed by atoms with Gasteiger partial charge in [0.25, 0.3) is 0 Å². The van der Waals surface area contributed by atoms with Gasteiger partial charge in [0.1, 0.15) is 0 Å². The summed E-state index contributed by atoms with van der Waals surface area (Å²) in [5.41, 5.74) is 4.55. The van der Waals surface area contributed by atoms with Crippen LogP contribution in [0.3, 0.4) is 0 Å². The number of hydrogen-bond acceptors (Lipinski definition) is 1. The number of rotatable bonds is 8. The molecule has 8 aromatic rings. The molecule has 0 atom stereocenters. The highest BCUT2D eigenvalue weighted by molar-refractivity contribution is 7.24. The van der Waals surface area contributed by atoms with Gasteiger partial charge in [0.2, 0.25) is 0 Å². The molecule has 2 aliphatic carbocycles. The molecular formula is C51H36OSi2. The fraction of sp³-hybridized carbons (Fsp3) is 0. The zero-order chi connectivity index (χ0) is 36.1. The molecule has 0 N–H and O–H groups in total. The molecule has 0 spiro atoms. The normalized spacial score (nSPS) is 13.8. The number of Topliss-reactive ketones (excluding diaryl/α,β-unsaturated/α-hetero) is 1. The Morgan fingerprint density at radius 3 is 0.796 bits per heavy atom. The first kappa shape index (κ1) is 32.3. The largest absolute Gasteiger partial charge is 0.290 e. The van der Waals surface area contributed by atoms with Crippen molar-refractivity contribution in [2.75, 3.05) is 0 Å². The summed E-state index contributed by atoms with van der Waals surface area (Å²) < 4.78 is 0. The smallest absolute Gasteiger partial charge is 0.185 e. The Morgan fingerprint density at radius 2 is 0.537 bits per heavy atom. The fourth-order valence-corrected chi connectivity index (χ4v) is 19.8. The van der Waals surface area contributed by atoms with Gasteiger partial charge in [-0.2, -0.15) is 0 Å². The molecule has 0 saturated carbocycles. The topological polar surface area (TPSA) is 17.1 Å². The summed E-state index contributed by atoms with van der Waals surface area (Å²) in [7, 11) is -6.62. The average Bonchev–Trinajstić information content (AvgIpc) is 3.74. The van der Waals surface area contributed by atoms with E-state index in [1.807, 2.05) is 0 Å². The highest BCUT2D eigenvalue weighted by atomic mass is 28.3. The van der Waals surface area contributed by atoms with Gasteiger partial charge >= 0.3 is 0 Å². The number of carbonyl (C=O) groups excluding carboxylic acids is 1. The van der Waals surface area contributed by atoms with Crippen molar-refractivity contribution in [2.45, 2.75) is 0 Å². The van der Waals surface area contributed by atoms with Gasteiger partial charge in [-0.1, -0.05) is 218 Å². The van der Waals surface area contributed by atoms with E-state index in [4.69, 9.17) is 0 Å². The lowest BCUT2D eigenvalue weighted by Gasteiger charge is -2.38. The third-order valence-electron chi connectivity index (χ3n) is 11.6. The summed E-state index contributed by atoms with van der Waals surface area (Å²) in [5, 5.41) is 11.6. The van der Waals surface area contributed by atoms with Crippen LogP contribution in [0.1, 0.15) is 11.1 Å². The zero-order valence-electron chi connectivity index (χ0n) is 29.7. The van der Waals surface area contributed by atoms with Crippen LogP contribution in [0.4, 0.5) is 0 Å². The van der Waals surface area contributed by atoms with Crippen LogP contribution >= 0.6 is 0 Å². The molecule has 0 bridgehead atoms. The van der Waals surface area contributed by atoms with E-state index in [1.165, 1.54) is 41.9 Å². The van der Waals surface area contributed by atoms with Crippen molar-refractivity contribution in [3.05, 3.63) is 240 Å². The minimum atomic E-state index is -3.31. The van der Waals surface area contributed by atoms with E-state index in [1.54, 1.807) is 0 Å². The molecular weight excluding hydrogens is 685 g/mol. The van der Waals surface area contributed by atoms with Gasteiger partial charge in [0, 0.05) is 10.4 Å². The van der Waals surface area contributed by atoms with Crippen LogP contribution in [-0.2, 0) is 4.79 Å². The summed E-state index contributed by atoms with van der Waals surface area (Å²) in [5.74, 6) is 0.179. The van der Waals surface area contributed by atoms with E-state index in [2.05, 4.69) is 218 Å². The molecule has 3 heteroatoms. The fourth-order valence-electron chi connectivity index (χ4n) is 9.61. The Balaban J connectivity index is 1.44. The maximum Gasteiger partial charge on any atom is 0.185 e. The van der Waals surface area contributed by atoms with Gasteiger partial charge < -0.3 is 0 Å². The van der Waals surface area contributed by atoms with Crippen LogP contribution in [0.2, 0.25) is 0 Å². The summed E-state index contributed by atoms with van der Waals surface area (Å²) in [6.45, 7) is 0. The Hall–Kier alpha value is -6.40. The maximum atomic E-state index is 16.9. The minimum absolute atomic E-state index is 0.179. The van der Waals surface area contributed by atoms with Crippen LogP contribution in [0.25, 0.3) is 21.9 Å². The van der Waals surface area contributed by atoms with Crippen LogP contribution in [0.15, 0.2) is 229 Å². The van der Waals surface area contributed by atoms with E-state index in [-0.39, 0.29) is 5.78 Å². The van der Waals surface area contributed by atoms with Gasteiger partial charge in [0.05, 0.1) is 0 Å². The number of hydrogen-bond donors (Lipinski definition) is 0. The lowest BCUT2D eigenvalue weighted by Crippen LogP contribution is -2.72. The number of ketones is 1. The van der Waals surface area contributed by atoms with Gasteiger partial charge in [0.15, 0.2) is 21.9 Å². The molecule has 8 aromatic carbocycles. The van der Waals surface area contributed by atoms with E-state index in [9.17, 15) is 0 Å². The van der Waals surface area contributed by atoms with Crippen molar-refractivity contribution in [1.82, 2.24) is 0 Å². The highest BCUT2D eigenvalue weighted by Crippen LogP contribution is 2.55. The van der Waals surface area contributed by atoms with Crippen LogP contribution < -0.4 is 31.1 Å². The highest BCUT2D eigenvalue weighted by Gasteiger charge is 2.58. The number of carbonyl (C=O) groups is 1. The summed E-state index contributed by atoms with van der Waals surface area (Å²) >= 11 is 0. The molecule has 2 aliphatic rings. The van der Waals surface area contributed by atoms with E-state index in [0.29, 0.717) is 0 Å². The third-order valence-corrected chi connectivity index (χ3v) is 21.3. The molecule has 54 heavy (non-hydrogen) atoms. The molecule has 0 radical (unpaired) electrons. The number of allylic oxidation sites excluding steroid dienone is 4. The lowest BCUT2D eigenvalue weighted by atomic mass is 10.0. The quantitative estimate of drug-likeness (QED) is 0.119. The van der Waals surface area contributed by atoms with Crippen molar-refractivity contribution >= 4 is 75.0 Å². The SMILES string of the molecule is O=C1C([Si](c2ccccc2)(c2ccccc2)c2ccccc2)=C2C(=C1[Si](c1ccccc1)(c1ccccc1)c1ccccc1)c1cccc3cccc2c13. The van der Waals surface area contributed by atoms with Crippen molar-refractivity contribution in [3.63, 3.8) is 0 Å². The first-order chi connectivity index (χ1) is 26.8. The predicted octanol–water partition coefficient (Wildman–Crippen LogP) is 7.36. The number of fused-ring (bicyclic) bond motifs is 3. The summed E-state index contributed by atoms with van der Waals surface area (Å²) in [6, 6.07) is 78.8. The van der Waals surface area contributed by atoms with Gasteiger partial charge in [-0.05, 0) is 64.2 Å². The molecule has 0 unspecified atom stereocenters. The lowest BCUT2D eigenvalue weighted by molar-refractivity contribution is -0.111. The monoisotopic (exact) mass is 720 g/mol. The molecule has 1 nitrogen and oxygen atoms in total. The second kappa shape index (κ2) is 12.9. The third kappa shape index (κ3) is 4.52. The second-order valence-corrected chi connectivity index (χ2v) is 21.7. The van der Waals surface area contributed by atoms with Crippen molar-refractivity contribution in [1.29, 1.82) is 0 Å². The number of benzene rings is 8. The zero-order valence-corrected chi connectivity index (χ0v) is 31.7. The Bertz CT molecular complexity index is 2360. The average molecular weight is 721 g/mol. The maximum absolute atomic E-state index is 16.9. The molecule has 0 saturated heterocycles. The van der Waals surface area contributed by atoms with Crippen molar-refractivity contribution in [3.8, 4) is 0 Å². The van der Waals surface area contributed by atoms with Crippen molar-refractivity contribution in [2.24, 2.45) is 0 Å². The first-order valence-corrected chi connectivity index (χ1v) is 22.7. The second-order valence-electron chi connectivity index (χ2n) is 14.2. The molecule has 0 amide bonds. The van der Waals surface area contributed by atoms with E-state index in [0.717, 1.165) is 32.7 Å². The van der Waals surface area contributed by atoms with Crippen LogP contribution in [0.5, 0.6) is 0 Å². The molecule has 0 aliphatic heterocycles. The predicted molar refractivity (Wildman–Crippen MR) is 231 cm³/mol. The van der Waals surface area contributed by atoms with E-state index >= 15 is 4.79 Å². The van der Waals surface area contributed by atoms with Crippen LogP contribution in [0, 0.1) is 0 Å². The molecule has 10 rings (SSSR count). The molecule has 0 heterocycles. The van der Waals surface area contributed by atoms with Gasteiger partial charge in [-0.25, -0.2) is 0 Å². The first-order valence-electron chi connectivity index (χ1n) is 18.7.